The maximum absolute atomic E-state index is 13.1. The minimum atomic E-state index is -3.79. The second-order valence-electron chi connectivity index (χ2n) is 6.03. The van der Waals surface area contributed by atoms with Crippen molar-refractivity contribution in [2.75, 3.05) is 33.4 Å². The molecule has 2 rings (SSSR count). The Morgan fingerprint density at radius 2 is 1.93 bits per heavy atom. The van der Waals surface area contributed by atoms with Crippen molar-refractivity contribution in [3.63, 3.8) is 0 Å². The Hall–Kier alpha value is -1.87. The molecule has 154 valence electrons. The molecule has 0 aliphatic carbocycles. The standard InChI is InChI=1S/C19H25ClN2O5S/c1-4-22(5-2)28(24,25)18-13-15(8-9-17(18)20)19(23)21(10-12-26-3)14-16-7-6-11-27-16/h6-9,11,13H,4-5,10,12,14H2,1-3H3. The van der Waals surface area contributed by atoms with E-state index in [1.807, 2.05) is 0 Å². The Morgan fingerprint density at radius 3 is 2.50 bits per heavy atom. The number of rotatable bonds is 10. The summed E-state index contributed by atoms with van der Waals surface area (Å²) in [4.78, 5) is 14.5. The van der Waals surface area contributed by atoms with Gasteiger partial charge in [-0.3, -0.25) is 4.79 Å². The number of benzene rings is 1. The average molecular weight is 429 g/mol. The first-order valence-corrected chi connectivity index (χ1v) is 10.8. The molecule has 9 heteroatoms. The number of hydrogen-bond acceptors (Lipinski definition) is 5. The molecule has 0 spiro atoms. The highest BCUT2D eigenvalue weighted by Gasteiger charge is 2.26. The van der Waals surface area contributed by atoms with E-state index in [1.165, 1.54) is 28.8 Å². The summed E-state index contributed by atoms with van der Waals surface area (Å²) in [5.74, 6) is 0.288. The van der Waals surface area contributed by atoms with Crippen molar-refractivity contribution in [3.05, 3.63) is 52.9 Å². The zero-order valence-corrected chi connectivity index (χ0v) is 17.8. The molecule has 0 radical (unpaired) electrons. The summed E-state index contributed by atoms with van der Waals surface area (Å²) in [6.45, 7) is 5.04. The van der Waals surface area contributed by atoms with Gasteiger partial charge in [0.1, 0.15) is 10.7 Å². The maximum atomic E-state index is 13.1. The van der Waals surface area contributed by atoms with E-state index in [0.29, 0.717) is 32.0 Å². The molecule has 2 aromatic rings. The van der Waals surface area contributed by atoms with Gasteiger partial charge in [0.2, 0.25) is 10.0 Å². The van der Waals surface area contributed by atoms with Crippen LogP contribution in [-0.4, -0.2) is 56.9 Å². The predicted octanol–water partition coefficient (Wildman–Crippen LogP) is 3.25. The predicted molar refractivity (Wildman–Crippen MR) is 107 cm³/mol. The number of carbonyl (C=O) groups excluding carboxylic acids is 1. The summed E-state index contributed by atoms with van der Waals surface area (Å²) < 4.78 is 37.5. The number of ether oxygens (including phenoxy) is 1. The fourth-order valence-electron chi connectivity index (χ4n) is 2.76. The molecule has 1 aromatic carbocycles. The van der Waals surface area contributed by atoms with Crippen LogP contribution in [0.4, 0.5) is 0 Å². The molecule has 0 N–H and O–H groups in total. The summed E-state index contributed by atoms with van der Waals surface area (Å²) in [6, 6.07) is 7.80. The molecule has 1 heterocycles. The molecule has 1 amide bonds. The van der Waals surface area contributed by atoms with Crippen molar-refractivity contribution in [2.24, 2.45) is 0 Å². The van der Waals surface area contributed by atoms with Gasteiger partial charge < -0.3 is 14.1 Å². The summed E-state index contributed by atoms with van der Waals surface area (Å²) in [5.41, 5.74) is 0.234. The van der Waals surface area contributed by atoms with Gasteiger partial charge in [-0.2, -0.15) is 4.31 Å². The van der Waals surface area contributed by atoms with E-state index in [2.05, 4.69) is 0 Å². The number of amides is 1. The summed E-state index contributed by atoms with van der Waals surface area (Å²) in [5, 5.41) is 0.0814. The summed E-state index contributed by atoms with van der Waals surface area (Å²) in [6.07, 6.45) is 1.53. The topological polar surface area (TPSA) is 80.1 Å². The Labute approximate surface area is 170 Å². The van der Waals surface area contributed by atoms with Crippen molar-refractivity contribution in [1.29, 1.82) is 0 Å². The van der Waals surface area contributed by atoms with Crippen molar-refractivity contribution in [2.45, 2.75) is 25.3 Å². The SMILES string of the molecule is CCN(CC)S(=O)(=O)c1cc(C(=O)N(CCOC)Cc2ccco2)ccc1Cl. The second-order valence-corrected chi connectivity index (χ2v) is 8.35. The molecule has 28 heavy (non-hydrogen) atoms. The molecule has 0 aliphatic rings. The third-order valence-corrected chi connectivity index (χ3v) is 6.81. The first-order valence-electron chi connectivity index (χ1n) is 8.95. The molecule has 0 atom stereocenters. The van der Waals surface area contributed by atoms with Gasteiger partial charge in [-0.15, -0.1) is 0 Å². The maximum Gasteiger partial charge on any atom is 0.254 e. The lowest BCUT2D eigenvalue weighted by atomic mass is 10.2. The normalized spacial score (nSPS) is 11.8. The van der Waals surface area contributed by atoms with Crippen molar-refractivity contribution >= 4 is 27.5 Å². The van der Waals surface area contributed by atoms with Crippen LogP contribution in [-0.2, 0) is 21.3 Å². The summed E-state index contributed by atoms with van der Waals surface area (Å²) >= 11 is 6.16. The molecule has 0 bridgehead atoms. The molecule has 7 nitrogen and oxygen atoms in total. The van der Waals surface area contributed by atoms with Crippen LogP contribution in [0.5, 0.6) is 0 Å². The van der Waals surface area contributed by atoms with E-state index >= 15 is 0 Å². The highest BCUT2D eigenvalue weighted by Crippen LogP contribution is 2.26. The van der Waals surface area contributed by atoms with E-state index in [0.717, 1.165) is 0 Å². The van der Waals surface area contributed by atoms with E-state index in [-0.39, 0.29) is 27.9 Å². The van der Waals surface area contributed by atoms with Crippen LogP contribution >= 0.6 is 11.6 Å². The van der Waals surface area contributed by atoms with Gasteiger partial charge in [-0.05, 0) is 30.3 Å². The van der Waals surface area contributed by atoms with Gasteiger partial charge in [0.25, 0.3) is 5.91 Å². The first-order chi connectivity index (χ1) is 13.3. The minimum absolute atomic E-state index is 0.0755. The molecular weight excluding hydrogens is 404 g/mol. The lowest BCUT2D eigenvalue weighted by Gasteiger charge is -2.23. The lowest BCUT2D eigenvalue weighted by Crippen LogP contribution is -2.34. The number of furan rings is 1. The lowest BCUT2D eigenvalue weighted by molar-refractivity contribution is 0.0666. The van der Waals surface area contributed by atoms with Crippen LogP contribution in [0, 0.1) is 0 Å². The van der Waals surface area contributed by atoms with Crippen LogP contribution in [0.2, 0.25) is 5.02 Å². The number of sulfonamides is 1. The summed E-state index contributed by atoms with van der Waals surface area (Å²) in [7, 11) is -2.24. The molecular formula is C19H25ClN2O5S. The van der Waals surface area contributed by atoms with Gasteiger partial charge in [-0.1, -0.05) is 25.4 Å². The largest absolute Gasteiger partial charge is 0.467 e. The molecule has 0 aliphatic heterocycles. The fourth-order valence-corrected chi connectivity index (χ4v) is 4.72. The van der Waals surface area contributed by atoms with E-state index in [9.17, 15) is 13.2 Å². The van der Waals surface area contributed by atoms with Crippen LogP contribution in [0.25, 0.3) is 0 Å². The van der Waals surface area contributed by atoms with Crippen LogP contribution in [0.3, 0.4) is 0 Å². The van der Waals surface area contributed by atoms with Crippen molar-refractivity contribution in [1.82, 2.24) is 9.21 Å². The van der Waals surface area contributed by atoms with Gasteiger partial charge in [0.05, 0.1) is 24.4 Å². The Bertz CT molecular complexity index is 880. The highest BCUT2D eigenvalue weighted by molar-refractivity contribution is 7.89. The van der Waals surface area contributed by atoms with E-state index in [1.54, 1.807) is 38.0 Å². The second kappa shape index (κ2) is 10.1. The third-order valence-electron chi connectivity index (χ3n) is 4.28. The molecule has 0 saturated heterocycles. The minimum Gasteiger partial charge on any atom is -0.467 e. The fraction of sp³-hybridized carbons (Fsp3) is 0.421. The van der Waals surface area contributed by atoms with Gasteiger partial charge >= 0.3 is 0 Å². The van der Waals surface area contributed by atoms with Gasteiger partial charge in [-0.25, -0.2) is 8.42 Å². The Kier molecular flexibility index (Phi) is 8.06. The van der Waals surface area contributed by atoms with Crippen molar-refractivity contribution in [3.8, 4) is 0 Å². The van der Waals surface area contributed by atoms with Gasteiger partial charge in [0.15, 0.2) is 0 Å². The Balaban J connectivity index is 2.38. The average Bonchev–Trinajstić information content (AvgIpc) is 3.18. The monoisotopic (exact) mass is 428 g/mol. The number of halogens is 1. The number of nitrogens with zero attached hydrogens (tertiary/aromatic N) is 2. The molecule has 0 fully saturated rings. The highest BCUT2D eigenvalue weighted by atomic mass is 35.5. The Morgan fingerprint density at radius 1 is 1.21 bits per heavy atom. The van der Waals surface area contributed by atoms with Crippen LogP contribution < -0.4 is 0 Å². The zero-order chi connectivity index (χ0) is 20.7. The number of methoxy groups -OCH3 is 1. The van der Waals surface area contributed by atoms with E-state index < -0.39 is 10.0 Å². The molecule has 1 aromatic heterocycles. The van der Waals surface area contributed by atoms with E-state index in [4.69, 9.17) is 20.8 Å². The number of hydrogen-bond donors (Lipinski definition) is 0. The van der Waals surface area contributed by atoms with Crippen LogP contribution in [0.1, 0.15) is 30.0 Å². The zero-order valence-electron chi connectivity index (χ0n) is 16.2. The smallest absolute Gasteiger partial charge is 0.254 e. The molecule has 0 saturated carbocycles. The van der Waals surface area contributed by atoms with Gasteiger partial charge in [0, 0.05) is 32.3 Å². The number of carbonyl (C=O) groups is 1. The van der Waals surface area contributed by atoms with Crippen molar-refractivity contribution < 1.29 is 22.4 Å². The molecule has 0 unspecified atom stereocenters. The first kappa shape index (κ1) is 22.4. The quantitative estimate of drug-likeness (QED) is 0.580. The third kappa shape index (κ3) is 5.14. The van der Waals surface area contributed by atoms with Crippen LogP contribution in [0.15, 0.2) is 45.9 Å².